The van der Waals surface area contributed by atoms with Crippen molar-refractivity contribution in [2.75, 3.05) is 12.4 Å². The lowest BCUT2D eigenvalue weighted by atomic mass is 10.2. The van der Waals surface area contributed by atoms with Crippen LogP contribution in [0.2, 0.25) is 0 Å². The molecule has 0 spiro atoms. The Balaban J connectivity index is 1.72. The fraction of sp³-hybridized carbons (Fsp3) is 0.200. The van der Waals surface area contributed by atoms with E-state index in [0.717, 1.165) is 11.3 Å². The summed E-state index contributed by atoms with van der Waals surface area (Å²) in [6, 6.07) is 7.22. The molecule has 7 nitrogen and oxygen atoms in total. The number of nitrogens with zero attached hydrogens (tertiary/aromatic N) is 4. The van der Waals surface area contributed by atoms with Crippen LogP contribution in [0.4, 0.5) is 5.69 Å². The van der Waals surface area contributed by atoms with E-state index in [1.165, 1.54) is 0 Å². The monoisotopic (exact) mass is 297 g/mol. The van der Waals surface area contributed by atoms with Crippen LogP contribution in [0, 0.1) is 0 Å². The third-order valence-electron chi connectivity index (χ3n) is 3.06. The highest BCUT2D eigenvalue weighted by Gasteiger charge is 2.15. The van der Waals surface area contributed by atoms with Crippen molar-refractivity contribution in [3.05, 3.63) is 48.7 Å². The third-order valence-corrected chi connectivity index (χ3v) is 3.06. The van der Waals surface area contributed by atoms with Crippen LogP contribution in [-0.2, 0) is 0 Å². The summed E-state index contributed by atoms with van der Waals surface area (Å²) in [5, 5.41) is 7.22. The van der Waals surface area contributed by atoms with E-state index < -0.39 is 0 Å². The molecule has 0 aliphatic rings. The quantitative estimate of drug-likeness (QED) is 0.774. The molecule has 112 valence electrons. The van der Waals surface area contributed by atoms with Gasteiger partial charge in [0.05, 0.1) is 19.0 Å². The summed E-state index contributed by atoms with van der Waals surface area (Å²) in [6.45, 7) is 1.94. The van der Waals surface area contributed by atoms with Crippen LogP contribution >= 0.6 is 0 Å². The van der Waals surface area contributed by atoms with Crippen molar-refractivity contribution in [2.24, 2.45) is 0 Å². The van der Waals surface area contributed by atoms with E-state index in [1.54, 1.807) is 31.8 Å². The Morgan fingerprint density at radius 2 is 2.14 bits per heavy atom. The second kappa shape index (κ2) is 6.21. The molecule has 0 aliphatic heterocycles. The largest absolute Gasteiger partial charge is 0.481 e. The Bertz CT molecular complexity index is 727. The zero-order chi connectivity index (χ0) is 15.4. The molecule has 0 saturated carbocycles. The molecule has 0 radical (unpaired) electrons. The van der Waals surface area contributed by atoms with Crippen molar-refractivity contribution < 1.29 is 9.26 Å². The molecule has 0 amide bonds. The molecule has 0 aromatic carbocycles. The van der Waals surface area contributed by atoms with Crippen molar-refractivity contribution in [1.82, 2.24) is 20.1 Å². The molecule has 0 fully saturated rings. The van der Waals surface area contributed by atoms with Crippen LogP contribution in [0.25, 0.3) is 11.4 Å². The maximum absolute atomic E-state index is 5.30. The molecule has 0 bridgehead atoms. The fourth-order valence-corrected chi connectivity index (χ4v) is 1.92. The molecule has 22 heavy (non-hydrogen) atoms. The number of anilines is 1. The standard InChI is InChI=1S/C15H15N5O2/c1-10(18-12-5-6-13(21-2)17-9-12)15-19-14(20-22-15)11-4-3-7-16-8-11/h3-10,18H,1-2H3. The Labute approximate surface area is 127 Å². The Hall–Kier alpha value is -2.96. The predicted molar refractivity (Wildman–Crippen MR) is 80.4 cm³/mol. The van der Waals surface area contributed by atoms with Crippen LogP contribution in [0.1, 0.15) is 18.9 Å². The van der Waals surface area contributed by atoms with Crippen molar-refractivity contribution in [3.63, 3.8) is 0 Å². The van der Waals surface area contributed by atoms with Crippen LogP contribution in [0.5, 0.6) is 5.88 Å². The van der Waals surface area contributed by atoms with E-state index >= 15 is 0 Å². The van der Waals surface area contributed by atoms with E-state index in [1.807, 2.05) is 25.1 Å². The zero-order valence-corrected chi connectivity index (χ0v) is 12.2. The number of rotatable bonds is 5. The zero-order valence-electron chi connectivity index (χ0n) is 12.2. The van der Waals surface area contributed by atoms with E-state index in [2.05, 4.69) is 25.4 Å². The molecule has 0 aliphatic carbocycles. The first kappa shape index (κ1) is 14.0. The van der Waals surface area contributed by atoms with Crippen molar-refractivity contribution >= 4 is 5.69 Å². The predicted octanol–water partition coefficient (Wildman–Crippen LogP) is 2.71. The Kier molecular flexibility index (Phi) is 3.95. The second-order valence-corrected chi connectivity index (χ2v) is 4.65. The minimum atomic E-state index is -0.145. The average molecular weight is 297 g/mol. The van der Waals surface area contributed by atoms with E-state index in [0.29, 0.717) is 17.6 Å². The number of pyridine rings is 2. The van der Waals surface area contributed by atoms with Gasteiger partial charge in [-0.25, -0.2) is 4.98 Å². The molecule has 1 unspecified atom stereocenters. The first-order chi connectivity index (χ1) is 10.8. The lowest BCUT2D eigenvalue weighted by Crippen LogP contribution is -2.07. The average Bonchev–Trinajstić information content (AvgIpc) is 3.06. The molecular formula is C15H15N5O2. The molecule has 1 atom stereocenters. The molecule has 3 aromatic rings. The number of nitrogens with one attached hydrogen (secondary N) is 1. The summed E-state index contributed by atoms with van der Waals surface area (Å²) in [7, 11) is 1.58. The Morgan fingerprint density at radius 1 is 1.23 bits per heavy atom. The normalized spacial score (nSPS) is 11.9. The molecule has 3 aromatic heterocycles. The summed E-state index contributed by atoms with van der Waals surface area (Å²) in [4.78, 5) is 12.6. The van der Waals surface area contributed by atoms with Gasteiger partial charge < -0.3 is 14.6 Å². The third kappa shape index (κ3) is 3.03. The van der Waals surface area contributed by atoms with Crippen LogP contribution in [0.3, 0.4) is 0 Å². The summed E-state index contributed by atoms with van der Waals surface area (Å²) in [5.74, 6) is 1.58. The van der Waals surface area contributed by atoms with Gasteiger partial charge in [0.15, 0.2) is 0 Å². The van der Waals surface area contributed by atoms with Crippen molar-refractivity contribution in [3.8, 4) is 17.3 Å². The maximum Gasteiger partial charge on any atom is 0.249 e. The van der Waals surface area contributed by atoms with E-state index in [4.69, 9.17) is 9.26 Å². The van der Waals surface area contributed by atoms with Gasteiger partial charge in [-0.05, 0) is 25.1 Å². The van der Waals surface area contributed by atoms with Crippen molar-refractivity contribution in [2.45, 2.75) is 13.0 Å². The molecule has 7 heteroatoms. The summed E-state index contributed by atoms with van der Waals surface area (Å²) < 4.78 is 10.3. The molecule has 0 saturated heterocycles. The highest BCUT2D eigenvalue weighted by Crippen LogP contribution is 2.21. The molecule has 3 rings (SSSR count). The number of hydrogen-bond donors (Lipinski definition) is 1. The molecule has 3 heterocycles. The van der Waals surface area contributed by atoms with Crippen molar-refractivity contribution in [1.29, 1.82) is 0 Å². The van der Waals surface area contributed by atoms with E-state index in [-0.39, 0.29) is 6.04 Å². The van der Waals surface area contributed by atoms with Crippen LogP contribution in [0.15, 0.2) is 47.4 Å². The number of ether oxygens (including phenoxy) is 1. The maximum atomic E-state index is 5.30. The number of aromatic nitrogens is 4. The van der Waals surface area contributed by atoms with Gasteiger partial charge in [-0.2, -0.15) is 4.98 Å². The number of hydrogen-bond acceptors (Lipinski definition) is 7. The van der Waals surface area contributed by atoms with Crippen LogP contribution < -0.4 is 10.1 Å². The fourth-order valence-electron chi connectivity index (χ4n) is 1.92. The second-order valence-electron chi connectivity index (χ2n) is 4.65. The minimum absolute atomic E-state index is 0.145. The molecular weight excluding hydrogens is 282 g/mol. The SMILES string of the molecule is COc1ccc(NC(C)c2nc(-c3cccnc3)no2)cn1. The highest BCUT2D eigenvalue weighted by molar-refractivity contribution is 5.52. The lowest BCUT2D eigenvalue weighted by Gasteiger charge is -2.10. The lowest BCUT2D eigenvalue weighted by molar-refractivity contribution is 0.368. The summed E-state index contributed by atoms with van der Waals surface area (Å²) >= 11 is 0. The van der Waals surface area contributed by atoms with Gasteiger partial charge in [-0.3, -0.25) is 4.98 Å². The molecule has 1 N–H and O–H groups in total. The van der Waals surface area contributed by atoms with E-state index in [9.17, 15) is 0 Å². The minimum Gasteiger partial charge on any atom is -0.481 e. The van der Waals surface area contributed by atoms with Gasteiger partial charge in [-0.1, -0.05) is 5.16 Å². The first-order valence-electron chi connectivity index (χ1n) is 6.77. The van der Waals surface area contributed by atoms with Gasteiger partial charge in [0.25, 0.3) is 0 Å². The van der Waals surface area contributed by atoms with Gasteiger partial charge in [0.1, 0.15) is 6.04 Å². The summed E-state index contributed by atoms with van der Waals surface area (Å²) in [6.07, 6.45) is 5.08. The van der Waals surface area contributed by atoms with Gasteiger partial charge in [0, 0.05) is 24.0 Å². The van der Waals surface area contributed by atoms with Crippen LogP contribution in [-0.4, -0.2) is 27.2 Å². The highest BCUT2D eigenvalue weighted by atomic mass is 16.5. The van der Waals surface area contributed by atoms with Gasteiger partial charge in [-0.15, -0.1) is 0 Å². The van der Waals surface area contributed by atoms with Gasteiger partial charge in [0.2, 0.25) is 17.6 Å². The topological polar surface area (TPSA) is 86.0 Å². The number of methoxy groups -OCH3 is 1. The smallest absolute Gasteiger partial charge is 0.249 e. The van der Waals surface area contributed by atoms with Gasteiger partial charge >= 0.3 is 0 Å². The Morgan fingerprint density at radius 3 is 2.82 bits per heavy atom. The summed E-state index contributed by atoms with van der Waals surface area (Å²) in [5.41, 5.74) is 1.66. The first-order valence-corrected chi connectivity index (χ1v) is 6.77.